The minimum absolute atomic E-state index is 0.0704. The van der Waals surface area contributed by atoms with Crippen molar-refractivity contribution in [1.82, 2.24) is 4.90 Å². The highest BCUT2D eigenvalue weighted by atomic mass is 79.9. The quantitative estimate of drug-likeness (QED) is 0.819. The summed E-state index contributed by atoms with van der Waals surface area (Å²) in [4.78, 5) is 14.0. The molecule has 2 rings (SSSR count). The van der Waals surface area contributed by atoms with E-state index in [1.807, 2.05) is 13.0 Å². The summed E-state index contributed by atoms with van der Waals surface area (Å²) in [5, 5.41) is 5.11. The lowest BCUT2D eigenvalue weighted by Gasteiger charge is -2.25. The van der Waals surface area contributed by atoms with Crippen molar-refractivity contribution in [3.8, 4) is 0 Å². The summed E-state index contributed by atoms with van der Waals surface area (Å²) in [6.07, 6.45) is 2.84. The van der Waals surface area contributed by atoms with Gasteiger partial charge in [-0.15, -0.1) is 0 Å². The average molecular weight is 359 g/mol. The first kappa shape index (κ1) is 15.2. The van der Waals surface area contributed by atoms with E-state index in [0.29, 0.717) is 23.1 Å². The van der Waals surface area contributed by atoms with Gasteiger partial charge >= 0.3 is 0 Å². The van der Waals surface area contributed by atoms with Crippen molar-refractivity contribution in [3.63, 3.8) is 0 Å². The van der Waals surface area contributed by atoms with Gasteiger partial charge in [-0.05, 0) is 31.5 Å². The number of nitrogens with zero attached hydrogens (tertiary/aromatic N) is 1. The van der Waals surface area contributed by atoms with Gasteiger partial charge in [-0.1, -0.05) is 27.6 Å². The Hall–Kier alpha value is -1.18. The zero-order chi connectivity index (χ0) is 14.9. The Morgan fingerprint density at radius 2 is 2.05 bits per heavy atom. The molecule has 1 aromatic carbocycles. The molecule has 108 valence electrons. The van der Waals surface area contributed by atoms with Gasteiger partial charge in [-0.25, -0.2) is 13.6 Å². The van der Waals surface area contributed by atoms with Crippen LogP contribution in [0.25, 0.3) is 0 Å². The van der Waals surface area contributed by atoms with E-state index in [-0.39, 0.29) is 10.8 Å². The molecule has 1 aromatic rings. The molecule has 1 heterocycles. The van der Waals surface area contributed by atoms with Crippen molar-refractivity contribution in [3.05, 3.63) is 39.9 Å². The maximum absolute atomic E-state index is 12.4. The van der Waals surface area contributed by atoms with E-state index in [0.717, 1.165) is 6.42 Å². The van der Waals surface area contributed by atoms with Crippen LogP contribution in [-0.4, -0.2) is 32.3 Å². The van der Waals surface area contributed by atoms with E-state index in [2.05, 4.69) is 15.9 Å². The first-order valence-electron chi connectivity index (χ1n) is 6.05. The molecule has 1 aliphatic heterocycles. The van der Waals surface area contributed by atoms with Gasteiger partial charge in [0.15, 0.2) is 0 Å². The van der Waals surface area contributed by atoms with Crippen LogP contribution in [0.15, 0.2) is 39.2 Å². The molecule has 20 heavy (non-hydrogen) atoms. The Morgan fingerprint density at radius 1 is 1.35 bits per heavy atom. The minimum atomic E-state index is -3.83. The fourth-order valence-corrected chi connectivity index (χ4v) is 3.22. The molecule has 0 atom stereocenters. The minimum Gasteiger partial charge on any atom is -0.335 e. The predicted molar refractivity (Wildman–Crippen MR) is 79.8 cm³/mol. The molecule has 0 bridgehead atoms. The number of sulfonamides is 1. The van der Waals surface area contributed by atoms with Crippen LogP contribution in [0, 0.1) is 0 Å². The van der Waals surface area contributed by atoms with E-state index in [1.54, 1.807) is 11.0 Å². The molecule has 1 aliphatic rings. The summed E-state index contributed by atoms with van der Waals surface area (Å²) in [5.74, 6) is -0.194. The molecule has 0 fully saturated rings. The summed E-state index contributed by atoms with van der Waals surface area (Å²) in [7, 11) is -3.83. The fourth-order valence-electron chi connectivity index (χ4n) is 1.99. The molecule has 0 radical (unpaired) electrons. The van der Waals surface area contributed by atoms with Crippen LogP contribution in [-0.2, 0) is 10.0 Å². The molecule has 0 aliphatic carbocycles. The first-order valence-corrected chi connectivity index (χ1v) is 8.39. The lowest BCUT2D eigenvalue weighted by molar-refractivity contribution is 0.0768. The highest BCUT2D eigenvalue weighted by Gasteiger charge is 2.20. The maximum atomic E-state index is 12.4. The van der Waals surface area contributed by atoms with Crippen LogP contribution in [0.1, 0.15) is 23.7 Å². The third kappa shape index (κ3) is 3.47. The van der Waals surface area contributed by atoms with Gasteiger partial charge in [0.25, 0.3) is 5.91 Å². The maximum Gasteiger partial charge on any atom is 0.254 e. The second-order valence-electron chi connectivity index (χ2n) is 4.77. The smallest absolute Gasteiger partial charge is 0.254 e. The number of carbonyl (C=O) groups is 1. The number of hydrogen-bond donors (Lipinski definition) is 1. The van der Waals surface area contributed by atoms with Crippen LogP contribution in [0.5, 0.6) is 0 Å². The van der Waals surface area contributed by atoms with Crippen molar-refractivity contribution in [1.29, 1.82) is 0 Å². The number of rotatable bonds is 2. The van der Waals surface area contributed by atoms with Crippen molar-refractivity contribution in [2.24, 2.45) is 5.14 Å². The topological polar surface area (TPSA) is 80.5 Å². The summed E-state index contributed by atoms with van der Waals surface area (Å²) in [6.45, 7) is 3.21. The summed E-state index contributed by atoms with van der Waals surface area (Å²) in [6, 6.07) is 4.29. The van der Waals surface area contributed by atoms with Crippen molar-refractivity contribution >= 4 is 31.9 Å². The molecular weight excluding hydrogens is 344 g/mol. The number of halogens is 1. The van der Waals surface area contributed by atoms with Crippen molar-refractivity contribution in [2.75, 3.05) is 13.1 Å². The SMILES string of the molecule is CC1=CCN(C(=O)c2cc(Br)cc(S(N)(=O)=O)c2)CC1. The molecule has 7 heteroatoms. The molecular formula is C13H15BrN2O3S. The molecule has 0 aromatic heterocycles. The lowest BCUT2D eigenvalue weighted by atomic mass is 10.1. The Bertz CT molecular complexity index is 683. The second kappa shape index (κ2) is 5.67. The number of amides is 1. The molecule has 0 unspecified atom stereocenters. The summed E-state index contributed by atoms with van der Waals surface area (Å²) < 4.78 is 23.3. The first-order chi connectivity index (χ1) is 9.27. The van der Waals surface area contributed by atoms with Gasteiger partial charge in [-0.3, -0.25) is 4.79 Å². The Morgan fingerprint density at radius 3 is 2.60 bits per heavy atom. The largest absolute Gasteiger partial charge is 0.335 e. The lowest BCUT2D eigenvalue weighted by Crippen LogP contribution is -2.34. The molecule has 0 spiro atoms. The van der Waals surface area contributed by atoms with Gasteiger partial charge in [0.1, 0.15) is 0 Å². The van der Waals surface area contributed by atoms with Crippen LogP contribution >= 0.6 is 15.9 Å². The molecule has 0 saturated heterocycles. The van der Waals surface area contributed by atoms with Crippen LogP contribution in [0.2, 0.25) is 0 Å². The second-order valence-corrected chi connectivity index (χ2v) is 7.25. The number of hydrogen-bond acceptors (Lipinski definition) is 3. The van der Waals surface area contributed by atoms with Crippen molar-refractivity contribution in [2.45, 2.75) is 18.2 Å². The van der Waals surface area contributed by atoms with Gasteiger partial charge < -0.3 is 4.90 Å². The normalized spacial score (nSPS) is 15.9. The Labute approximate surface area is 126 Å². The van der Waals surface area contributed by atoms with Crippen LogP contribution in [0.3, 0.4) is 0 Å². The summed E-state index contributed by atoms with van der Waals surface area (Å²) >= 11 is 3.20. The Kier molecular flexibility index (Phi) is 4.31. The molecule has 1 amide bonds. The molecule has 0 saturated carbocycles. The van der Waals surface area contributed by atoms with Crippen LogP contribution in [0.4, 0.5) is 0 Å². The molecule has 2 N–H and O–H groups in total. The van der Waals surface area contributed by atoms with E-state index >= 15 is 0 Å². The van der Waals surface area contributed by atoms with Gasteiger partial charge in [-0.2, -0.15) is 0 Å². The van der Waals surface area contributed by atoms with E-state index in [9.17, 15) is 13.2 Å². The van der Waals surface area contributed by atoms with Crippen molar-refractivity contribution < 1.29 is 13.2 Å². The van der Waals surface area contributed by atoms with Gasteiger partial charge in [0.05, 0.1) is 4.90 Å². The predicted octanol–water partition coefficient (Wildman–Crippen LogP) is 1.89. The zero-order valence-electron chi connectivity index (χ0n) is 11.0. The number of benzene rings is 1. The van der Waals surface area contributed by atoms with Gasteiger partial charge in [0.2, 0.25) is 10.0 Å². The number of carbonyl (C=O) groups excluding carboxylic acids is 1. The number of primary sulfonamides is 1. The average Bonchev–Trinajstić information content (AvgIpc) is 2.37. The van der Waals surface area contributed by atoms with E-state index in [1.165, 1.54) is 17.7 Å². The third-order valence-electron chi connectivity index (χ3n) is 3.17. The standard InChI is InChI=1S/C13H15BrN2O3S/c1-9-2-4-16(5-3-9)13(17)10-6-11(14)8-12(7-10)20(15,18)19/h2,6-8H,3-5H2,1H3,(H2,15,18,19). The Balaban J connectivity index is 2.33. The molecule has 5 nitrogen and oxygen atoms in total. The summed E-state index contributed by atoms with van der Waals surface area (Å²) in [5.41, 5.74) is 1.57. The zero-order valence-corrected chi connectivity index (χ0v) is 13.4. The highest BCUT2D eigenvalue weighted by Crippen LogP contribution is 2.21. The van der Waals surface area contributed by atoms with Gasteiger partial charge in [0, 0.05) is 23.1 Å². The van der Waals surface area contributed by atoms with E-state index in [4.69, 9.17) is 5.14 Å². The number of nitrogens with two attached hydrogens (primary N) is 1. The third-order valence-corrected chi connectivity index (χ3v) is 4.52. The highest BCUT2D eigenvalue weighted by molar-refractivity contribution is 9.10. The van der Waals surface area contributed by atoms with E-state index < -0.39 is 10.0 Å². The monoisotopic (exact) mass is 358 g/mol. The van der Waals surface area contributed by atoms with Crippen LogP contribution < -0.4 is 5.14 Å². The fraction of sp³-hybridized carbons (Fsp3) is 0.308.